The summed E-state index contributed by atoms with van der Waals surface area (Å²) >= 11 is 0. The maximum Gasteiger partial charge on any atom is 0.137 e. The van der Waals surface area contributed by atoms with Crippen LogP contribution in [-0.2, 0) is 0 Å². The van der Waals surface area contributed by atoms with Crippen molar-refractivity contribution in [2.45, 2.75) is 45.1 Å². The van der Waals surface area contributed by atoms with Gasteiger partial charge < -0.3 is 10.1 Å². The van der Waals surface area contributed by atoms with Gasteiger partial charge in [-0.1, -0.05) is 0 Å². The number of rotatable bonds is 4. The topological polar surface area (TPSA) is 34.1 Å². The van der Waals surface area contributed by atoms with Crippen LogP contribution in [0.2, 0.25) is 0 Å². The number of hydrogen-bond acceptors (Lipinski definition) is 3. The molecule has 1 N–H and O–H groups in total. The molecule has 2 rings (SSSR count). The molecule has 0 radical (unpaired) electrons. The number of methoxy groups -OCH3 is 1. The van der Waals surface area contributed by atoms with Gasteiger partial charge in [-0.05, 0) is 63.6 Å². The lowest BCUT2D eigenvalue weighted by atomic mass is 9.70. The van der Waals surface area contributed by atoms with Crippen LogP contribution in [0.1, 0.15) is 45.1 Å². The molecule has 0 amide bonds. The fraction of sp³-hybridized carbons (Fsp3) is 0.667. The van der Waals surface area contributed by atoms with Crippen molar-refractivity contribution in [1.82, 2.24) is 10.3 Å². The summed E-state index contributed by atoms with van der Waals surface area (Å²) in [5.74, 6) is 2.24. The Kier molecular flexibility index (Phi) is 3.91. The zero-order chi connectivity index (χ0) is 13.2. The predicted molar refractivity (Wildman–Crippen MR) is 74.0 cm³/mol. The smallest absolute Gasteiger partial charge is 0.137 e. The molecule has 1 aromatic heterocycles. The minimum atomic E-state index is 0.201. The van der Waals surface area contributed by atoms with Gasteiger partial charge in [0.05, 0.1) is 13.3 Å². The van der Waals surface area contributed by atoms with E-state index in [1.54, 1.807) is 13.3 Å². The van der Waals surface area contributed by atoms with Gasteiger partial charge >= 0.3 is 0 Å². The summed E-state index contributed by atoms with van der Waals surface area (Å²) in [5.41, 5.74) is 1.52. The van der Waals surface area contributed by atoms with Crippen LogP contribution in [0.3, 0.4) is 0 Å². The van der Waals surface area contributed by atoms with Crippen molar-refractivity contribution >= 4 is 0 Å². The lowest BCUT2D eigenvalue weighted by molar-refractivity contribution is 0.225. The Balaban J connectivity index is 1.97. The highest BCUT2D eigenvalue weighted by Crippen LogP contribution is 2.42. The van der Waals surface area contributed by atoms with E-state index in [1.165, 1.54) is 18.4 Å². The standard InChI is InChI=1S/C15H24N2O/c1-15(2,3)17-9-11-5-6-14(11)12-7-13(18-4)10-16-8-12/h7-8,10-11,14,17H,5-6,9H2,1-4H3. The first-order valence-electron chi connectivity index (χ1n) is 6.73. The fourth-order valence-corrected chi connectivity index (χ4v) is 2.44. The van der Waals surface area contributed by atoms with Crippen LogP contribution in [0.5, 0.6) is 5.75 Å². The van der Waals surface area contributed by atoms with Gasteiger partial charge in [-0.3, -0.25) is 4.98 Å². The highest BCUT2D eigenvalue weighted by molar-refractivity contribution is 5.28. The van der Waals surface area contributed by atoms with E-state index in [-0.39, 0.29) is 5.54 Å². The third-order valence-corrected chi connectivity index (χ3v) is 3.71. The molecule has 1 heterocycles. The van der Waals surface area contributed by atoms with E-state index in [2.05, 4.69) is 37.1 Å². The van der Waals surface area contributed by atoms with E-state index in [9.17, 15) is 0 Å². The number of pyridine rings is 1. The van der Waals surface area contributed by atoms with Crippen molar-refractivity contribution in [3.05, 3.63) is 24.0 Å². The Morgan fingerprint density at radius 3 is 2.67 bits per heavy atom. The lowest BCUT2D eigenvalue weighted by Gasteiger charge is -2.39. The van der Waals surface area contributed by atoms with E-state index in [4.69, 9.17) is 4.74 Å². The van der Waals surface area contributed by atoms with Crippen molar-refractivity contribution < 1.29 is 4.74 Å². The van der Waals surface area contributed by atoms with Crippen LogP contribution in [0.4, 0.5) is 0 Å². The van der Waals surface area contributed by atoms with Crippen LogP contribution in [0, 0.1) is 5.92 Å². The molecule has 1 saturated carbocycles. The van der Waals surface area contributed by atoms with Crippen LogP contribution in [0.25, 0.3) is 0 Å². The van der Waals surface area contributed by atoms with Gasteiger partial charge in [-0.25, -0.2) is 0 Å². The Morgan fingerprint density at radius 1 is 1.33 bits per heavy atom. The molecule has 0 bridgehead atoms. The summed E-state index contributed by atoms with van der Waals surface area (Å²) in [6.07, 6.45) is 6.33. The molecule has 0 aliphatic heterocycles. The molecule has 1 aromatic rings. The summed E-state index contributed by atoms with van der Waals surface area (Å²) in [5, 5.41) is 3.60. The van der Waals surface area contributed by atoms with E-state index in [0.29, 0.717) is 5.92 Å². The largest absolute Gasteiger partial charge is 0.495 e. The normalized spacial score (nSPS) is 23.6. The second kappa shape index (κ2) is 5.27. The Morgan fingerprint density at radius 2 is 2.11 bits per heavy atom. The van der Waals surface area contributed by atoms with Gasteiger partial charge in [0, 0.05) is 11.7 Å². The number of ether oxygens (including phenoxy) is 1. The SMILES string of the molecule is COc1cncc(C2CCC2CNC(C)(C)C)c1. The van der Waals surface area contributed by atoms with Gasteiger partial charge in [0.15, 0.2) is 0 Å². The molecule has 0 spiro atoms. The number of aromatic nitrogens is 1. The van der Waals surface area contributed by atoms with Gasteiger partial charge in [-0.2, -0.15) is 0 Å². The molecule has 18 heavy (non-hydrogen) atoms. The summed E-state index contributed by atoms with van der Waals surface area (Å²) in [4.78, 5) is 4.26. The minimum absolute atomic E-state index is 0.201. The second-order valence-corrected chi connectivity index (χ2v) is 6.23. The van der Waals surface area contributed by atoms with Crippen LogP contribution in [-0.4, -0.2) is 24.2 Å². The van der Waals surface area contributed by atoms with E-state index in [1.807, 2.05) is 6.20 Å². The number of hydrogen-bond donors (Lipinski definition) is 1. The lowest BCUT2D eigenvalue weighted by Crippen LogP contribution is -2.42. The molecular weight excluding hydrogens is 224 g/mol. The van der Waals surface area contributed by atoms with Crippen molar-refractivity contribution in [1.29, 1.82) is 0 Å². The van der Waals surface area contributed by atoms with Gasteiger partial charge in [0.1, 0.15) is 5.75 Å². The molecule has 0 aromatic carbocycles. The van der Waals surface area contributed by atoms with Crippen LogP contribution < -0.4 is 10.1 Å². The van der Waals surface area contributed by atoms with E-state index < -0.39 is 0 Å². The van der Waals surface area contributed by atoms with Crippen LogP contribution >= 0.6 is 0 Å². The molecule has 1 aliphatic rings. The first kappa shape index (κ1) is 13.3. The maximum atomic E-state index is 5.24. The predicted octanol–water partition coefficient (Wildman–Crippen LogP) is 2.97. The molecule has 3 nitrogen and oxygen atoms in total. The zero-order valence-corrected chi connectivity index (χ0v) is 11.9. The Hall–Kier alpha value is -1.09. The Labute approximate surface area is 110 Å². The molecule has 3 heteroatoms. The van der Waals surface area contributed by atoms with Crippen LogP contribution in [0.15, 0.2) is 18.5 Å². The number of nitrogens with zero attached hydrogens (tertiary/aromatic N) is 1. The molecule has 2 unspecified atom stereocenters. The monoisotopic (exact) mass is 248 g/mol. The van der Waals surface area contributed by atoms with E-state index >= 15 is 0 Å². The third-order valence-electron chi connectivity index (χ3n) is 3.71. The van der Waals surface area contributed by atoms with Gasteiger partial charge in [0.25, 0.3) is 0 Å². The number of nitrogens with one attached hydrogen (secondary N) is 1. The maximum absolute atomic E-state index is 5.24. The van der Waals surface area contributed by atoms with Gasteiger partial charge in [-0.15, -0.1) is 0 Å². The van der Waals surface area contributed by atoms with Crippen molar-refractivity contribution in [3.63, 3.8) is 0 Å². The van der Waals surface area contributed by atoms with Crippen molar-refractivity contribution in [2.24, 2.45) is 5.92 Å². The first-order valence-corrected chi connectivity index (χ1v) is 6.73. The molecule has 100 valence electrons. The molecule has 1 fully saturated rings. The molecule has 1 aliphatic carbocycles. The third kappa shape index (κ3) is 3.22. The summed E-state index contributed by atoms with van der Waals surface area (Å²) in [6.45, 7) is 7.74. The average molecular weight is 248 g/mol. The highest BCUT2D eigenvalue weighted by atomic mass is 16.5. The average Bonchev–Trinajstić information content (AvgIpc) is 2.26. The fourth-order valence-electron chi connectivity index (χ4n) is 2.44. The van der Waals surface area contributed by atoms with Gasteiger partial charge in [0.2, 0.25) is 0 Å². The summed E-state index contributed by atoms with van der Waals surface area (Å²) in [7, 11) is 1.69. The first-order chi connectivity index (χ1) is 8.49. The molecule has 2 atom stereocenters. The van der Waals surface area contributed by atoms with Crippen molar-refractivity contribution in [2.75, 3.05) is 13.7 Å². The minimum Gasteiger partial charge on any atom is -0.495 e. The quantitative estimate of drug-likeness (QED) is 0.889. The molecule has 0 saturated heterocycles. The zero-order valence-electron chi connectivity index (χ0n) is 11.9. The Bertz CT molecular complexity index is 398. The van der Waals surface area contributed by atoms with Crippen molar-refractivity contribution in [3.8, 4) is 5.75 Å². The summed E-state index contributed by atoms with van der Waals surface area (Å²) in [6, 6.07) is 2.13. The summed E-state index contributed by atoms with van der Waals surface area (Å²) < 4.78 is 5.24. The molecular formula is C15H24N2O. The second-order valence-electron chi connectivity index (χ2n) is 6.23. The van der Waals surface area contributed by atoms with E-state index in [0.717, 1.165) is 18.2 Å². The highest BCUT2D eigenvalue weighted by Gasteiger charge is 2.32.